The van der Waals surface area contributed by atoms with Gasteiger partial charge in [0.2, 0.25) is 5.91 Å². The molecule has 8 nitrogen and oxygen atoms in total. The lowest BCUT2D eigenvalue weighted by Gasteiger charge is -2.07. The number of aromatic nitrogens is 3. The van der Waals surface area contributed by atoms with E-state index in [0.717, 1.165) is 18.7 Å². The van der Waals surface area contributed by atoms with Crippen LogP contribution in [0.1, 0.15) is 24.6 Å². The molecule has 10 heteroatoms. The fourth-order valence-electron chi connectivity index (χ4n) is 2.19. The van der Waals surface area contributed by atoms with Gasteiger partial charge in [-0.2, -0.15) is 0 Å². The van der Waals surface area contributed by atoms with Crippen molar-refractivity contribution in [1.82, 2.24) is 14.8 Å². The van der Waals surface area contributed by atoms with Crippen molar-refractivity contribution in [3.63, 3.8) is 0 Å². The number of nitro groups is 1. The maximum absolute atomic E-state index is 12.1. The summed E-state index contributed by atoms with van der Waals surface area (Å²) < 4.78 is 1.90. The number of anilines is 1. The van der Waals surface area contributed by atoms with Crippen LogP contribution in [0.4, 0.5) is 11.4 Å². The second-order valence-electron chi connectivity index (χ2n) is 5.43. The van der Waals surface area contributed by atoms with E-state index in [1.54, 1.807) is 0 Å². The van der Waals surface area contributed by atoms with Crippen LogP contribution in [0.25, 0.3) is 0 Å². The minimum absolute atomic E-state index is 0.107. The van der Waals surface area contributed by atoms with Crippen molar-refractivity contribution in [1.29, 1.82) is 0 Å². The minimum Gasteiger partial charge on any atom is -0.324 e. The Balaban J connectivity index is 1.62. The van der Waals surface area contributed by atoms with Crippen LogP contribution in [0.15, 0.2) is 23.4 Å². The van der Waals surface area contributed by atoms with Gasteiger partial charge in [-0.25, -0.2) is 0 Å². The van der Waals surface area contributed by atoms with E-state index in [4.69, 9.17) is 11.6 Å². The van der Waals surface area contributed by atoms with E-state index >= 15 is 0 Å². The molecule has 0 unspecified atom stereocenters. The summed E-state index contributed by atoms with van der Waals surface area (Å²) in [6.07, 6.45) is 2.25. The Morgan fingerprint density at radius 3 is 2.92 bits per heavy atom. The summed E-state index contributed by atoms with van der Waals surface area (Å²) in [5, 5.41) is 22.5. The minimum atomic E-state index is -0.542. The first-order chi connectivity index (χ1) is 11.5. The third-order valence-electron chi connectivity index (χ3n) is 3.58. The number of nitrogens with one attached hydrogen (secondary N) is 1. The predicted octanol–water partition coefficient (Wildman–Crippen LogP) is 2.98. The molecule has 1 aliphatic rings. The van der Waals surface area contributed by atoms with E-state index in [1.165, 1.54) is 30.0 Å². The number of hydrogen-bond acceptors (Lipinski definition) is 6. The molecule has 1 amide bonds. The molecule has 24 heavy (non-hydrogen) atoms. The fraction of sp³-hybridized carbons (Fsp3) is 0.357. The van der Waals surface area contributed by atoms with Crippen LogP contribution in [0.5, 0.6) is 0 Å². The molecular weight excluding hydrogens is 354 g/mol. The maximum Gasteiger partial charge on any atom is 0.271 e. The van der Waals surface area contributed by atoms with Gasteiger partial charge >= 0.3 is 0 Å². The Labute approximate surface area is 146 Å². The molecule has 0 aliphatic heterocycles. The molecule has 2 aromatic rings. The highest BCUT2D eigenvalue weighted by Gasteiger charge is 2.29. The number of hydrogen-bond donors (Lipinski definition) is 1. The second-order valence-corrected chi connectivity index (χ2v) is 6.78. The summed E-state index contributed by atoms with van der Waals surface area (Å²) in [4.78, 5) is 22.3. The average Bonchev–Trinajstić information content (AvgIpc) is 3.31. The van der Waals surface area contributed by atoms with Crippen LogP contribution in [0.3, 0.4) is 0 Å². The molecule has 0 bridgehead atoms. The summed E-state index contributed by atoms with van der Waals surface area (Å²) in [6.45, 7) is 0. The summed E-state index contributed by atoms with van der Waals surface area (Å²) in [7, 11) is 1.88. The molecule has 1 aromatic heterocycles. The number of amides is 1. The van der Waals surface area contributed by atoms with Gasteiger partial charge in [0.15, 0.2) is 5.16 Å². The Hall–Kier alpha value is -2.13. The molecule has 1 fully saturated rings. The average molecular weight is 368 g/mol. The highest BCUT2D eigenvalue weighted by atomic mass is 35.5. The molecule has 0 atom stereocenters. The number of nitro benzene ring substituents is 1. The molecular formula is C14H14ClN5O3S. The Kier molecular flexibility index (Phi) is 4.72. The lowest BCUT2D eigenvalue weighted by molar-refractivity contribution is -0.384. The van der Waals surface area contributed by atoms with E-state index in [2.05, 4.69) is 15.5 Å². The van der Waals surface area contributed by atoms with Gasteiger partial charge in [0.05, 0.1) is 21.4 Å². The van der Waals surface area contributed by atoms with Crippen molar-refractivity contribution < 1.29 is 9.72 Å². The molecule has 1 N–H and O–H groups in total. The molecule has 126 valence electrons. The lowest BCUT2D eigenvalue weighted by Crippen LogP contribution is -2.15. The van der Waals surface area contributed by atoms with E-state index in [0.29, 0.717) is 11.1 Å². The number of rotatable bonds is 6. The monoisotopic (exact) mass is 367 g/mol. The third-order valence-corrected chi connectivity index (χ3v) is 4.93. The number of nitrogens with zero attached hydrogens (tertiary/aromatic N) is 4. The van der Waals surface area contributed by atoms with E-state index < -0.39 is 4.92 Å². The van der Waals surface area contributed by atoms with E-state index in [9.17, 15) is 14.9 Å². The largest absolute Gasteiger partial charge is 0.324 e. The maximum atomic E-state index is 12.1. The van der Waals surface area contributed by atoms with Crippen LogP contribution in [-0.2, 0) is 11.8 Å². The van der Waals surface area contributed by atoms with Gasteiger partial charge in [-0.3, -0.25) is 14.9 Å². The van der Waals surface area contributed by atoms with Crippen LogP contribution >= 0.6 is 23.4 Å². The van der Waals surface area contributed by atoms with Crippen molar-refractivity contribution in [3.8, 4) is 0 Å². The Morgan fingerprint density at radius 1 is 1.50 bits per heavy atom. The Morgan fingerprint density at radius 2 is 2.25 bits per heavy atom. The van der Waals surface area contributed by atoms with Gasteiger partial charge in [0.1, 0.15) is 5.82 Å². The van der Waals surface area contributed by atoms with Crippen LogP contribution < -0.4 is 5.32 Å². The second kappa shape index (κ2) is 6.78. The molecule has 1 saturated carbocycles. The van der Waals surface area contributed by atoms with Crippen molar-refractivity contribution in [3.05, 3.63) is 39.2 Å². The Bertz CT molecular complexity index is 806. The van der Waals surface area contributed by atoms with E-state index in [-0.39, 0.29) is 28.1 Å². The zero-order valence-corrected chi connectivity index (χ0v) is 14.3. The van der Waals surface area contributed by atoms with E-state index in [1.807, 2.05) is 11.6 Å². The van der Waals surface area contributed by atoms with Crippen LogP contribution in [0.2, 0.25) is 5.02 Å². The molecule has 0 radical (unpaired) electrons. The first-order valence-electron chi connectivity index (χ1n) is 7.21. The molecule has 3 rings (SSSR count). The standard InChI is InChI=1S/C14H14ClN5O3S/c1-19-13(8-2-3-8)17-18-14(19)24-7-12(21)16-11-6-9(20(22)23)4-5-10(11)15/h4-6,8H,2-3,7H2,1H3,(H,16,21). The van der Waals surface area contributed by atoms with Gasteiger partial charge in [-0.05, 0) is 18.9 Å². The highest BCUT2D eigenvalue weighted by molar-refractivity contribution is 7.99. The van der Waals surface area contributed by atoms with Gasteiger partial charge < -0.3 is 9.88 Å². The van der Waals surface area contributed by atoms with Gasteiger partial charge in [-0.1, -0.05) is 23.4 Å². The number of carbonyl (C=O) groups excluding carboxylic acids is 1. The summed E-state index contributed by atoms with van der Waals surface area (Å²) in [5.41, 5.74) is 0.0813. The van der Waals surface area contributed by atoms with Gasteiger partial charge in [0, 0.05) is 25.1 Å². The molecule has 1 aliphatic carbocycles. The molecule has 1 heterocycles. The highest BCUT2D eigenvalue weighted by Crippen LogP contribution is 2.39. The van der Waals surface area contributed by atoms with Crippen molar-refractivity contribution >= 4 is 40.6 Å². The zero-order valence-electron chi connectivity index (χ0n) is 12.7. The van der Waals surface area contributed by atoms with Crippen molar-refractivity contribution in [2.45, 2.75) is 23.9 Å². The third kappa shape index (κ3) is 3.68. The number of carbonyl (C=O) groups is 1. The van der Waals surface area contributed by atoms with Crippen molar-refractivity contribution in [2.75, 3.05) is 11.1 Å². The number of benzene rings is 1. The van der Waals surface area contributed by atoms with Crippen LogP contribution in [0, 0.1) is 10.1 Å². The molecule has 1 aromatic carbocycles. The number of non-ortho nitro benzene ring substituents is 1. The smallest absolute Gasteiger partial charge is 0.271 e. The van der Waals surface area contributed by atoms with Gasteiger partial charge in [0.25, 0.3) is 5.69 Å². The quantitative estimate of drug-likeness (QED) is 0.478. The predicted molar refractivity (Wildman–Crippen MR) is 90.4 cm³/mol. The fourth-order valence-corrected chi connectivity index (χ4v) is 3.07. The topological polar surface area (TPSA) is 103 Å². The summed E-state index contributed by atoms with van der Waals surface area (Å²) >= 11 is 7.22. The van der Waals surface area contributed by atoms with Crippen LogP contribution in [-0.4, -0.2) is 31.3 Å². The van der Waals surface area contributed by atoms with Gasteiger partial charge in [-0.15, -0.1) is 10.2 Å². The van der Waals surface area contributed by atoms with Crippen molar-refractivity contribution in [2.24, 2.45) is 7.05 Å². The summed E-state index contributed by atoms with van der Waals surface area (Å²) in [6, 6.07) is 3.90. The lowest BCUT2D eigenvalue weighted by atomic mass is 10.3. The first-order valence-corrected chi connectivity index (χ1v) is 8.58. The normalized spacial score (nSPS) is 13.8. The SMILES string of the molecule is Cn1c(SCC(=O)Nc2cc([N+](=O)[O-])ccc2Cl)nnc1C1CC1. The molecule has 0 saturated heterocycles. The zero-order chi connectivity index (χ0) is 17.3. The number of halogens is 1. The summed E-state index contributed by atoms with van der Waals surface area (Å²) in [5.74, 6) is 1.21. The first kappa shape index (κ1) is 16.7. The number of thioether (sulfide) groups is 1. The molecule has 0 spiro atoms.